The molecule has 0 unspecified atom stereocenters. The van der Waals surface area contributed by atoms with Crippen LogP contribution in [0.3, 0.4) is 0 Å². The summed E-state index contributed by atoms with van der Waals surface area (Å²) in [6.45, 7) is 3.31. The number of benzene rings is 2. The van der Waals surface area contributed by atoms with Crippen LogP contribution in [0.5, 0.6) is 28.7 Å². The topological polar surface area (TPSA) is 186 Å². The number of ether oxygens (including phenoxy) is 7. The molecule has 0 aliphatic carbocycles. The van der Waals surface area contributed by atoms with Gasteiger partial charge in [-0.05, 0) is 23.8 Å². The number of hydrogen-bond donors (Lipinski definition) is 6. The van der Waals surface area contributed by atoms with E-state index in [0.29, 0.717) is 57.4 Å². The van der Waals surface area contributed by atoms with E-state index in [4.69, 9.17) is 33.2 Å². The molecule has 0 amide bonds. The molecule has 2 aromatic carbocycles. The third-order valence-corrected chi connectivity index (χ3v) is 8.41. The van der Waals surface area contributed by atoms with Gasteiger partial charge >= 0.3 is 0 Å². The molecule has 0 bridgehead atoms. The number of rotatable bonds is 7. The largest absolute Gasteiger partial charge is 0.493 e. The molecule has 13 nitrogen and oxygen atoms in total. The number of aliphatic hydroxyl groups is 6. The second kappa shape index (κ2) is 10.8. The Balaban J connectivity index is 1.20. The van der Waals surface area contributed by atoms with Crippen LogP contribution in [0.4, 0.5) is 0 Å². The zero-order valence-electron chi connectivity index (χ0n) is 23.0. The summed E-state index contributed by atoms with van der Waals surface area (Å²) < 4.78 is 40.1. The van der Waals surface area contributed by atoms with Crippen LogP contribution >= 0.6 is 0 Å². The number of hydrogen-bond acceptors (Lipinski definition) is 13. The maximum absolute atomic E-state index is 11.9. The SMILES string of the molecule is C=C(CO[C@@H]1O[C@H](CO)[C@@H](O)[C@H](O)[C@H]1O)[C@H]1Cc2c(ccc3c2O[C@@H]2COc4cc(OC)c(OC)cc4[C@]2(O)[C@H]3O)O1. The van der Waals surface area contributed by atoms with E-state index in [0.717, 1.165) is 0 Å². The minimum Gasteiger partial charge on any atom is -0.493 e. The number of aliphatic hydroxyl groups excluding tert-OH is 5. The first-order chi connectivity index (χ1) is 20.1. The zero-order chi connectivity index (χ0) is 29.9. The molecule has 0 saturated carbocycles. The molecule has 42 heavy (non-hydrogen) atoms. The van der Waals surface area contributed by atoms with Crippen LogP contribution < -0.4 is 23.7 Å². The summed E-state index contributed by atoms with van der Waals surface area (Å²) >= 11 is 0. The van der Waals surface area contributed by atoms with Gasteiger partial charge in [0.25, 0.3) is 0 Å². The lowest BCUT2D eigenvalue weighted by Crippen LogP contribution is -2.59. The van der Waals surface area contributed by atoms with Gasteiger partial charge in [0.1, 0.15) is 60.5 Å². The first kappa shape index (κ1) is 29.0. The lowest BCUT2D eigenvalue weighted by Gasteiger charge is -2.47. The standard InChI is InChI=1S/C29H34O13/c1-12(10-39-28-25(33)24(32)23(31)21(9-30)41-28)17-6-14-16(40-17)5-4-13-26(14)42-22-11-38-18-8-20(37-3)19(36-2)7-15(18)29(22,35)27(13)34/h4-5,7-8,17,21-25,27-28,30-35H,1,6,9-11H2,2-3H3/t17-,21-,22-,23-,24+,25-,27+,28-,29-/m1/s1. The summed E-state index contributed by atoms with van der Waals surface area (Å²) in [5.41, 5.74) is 0.00713. The fourth-order valence-electron chi connectivity index (χ4n) is 5.97. The molecule has 1 saturated heterocycles. The van der Waals surface area contributed by atoms with Gasteiger partial charge in [-0.3, -0.25) is 0 Å². The molecular formula is C29H34O13. The molecule has 9 atom stereocenters. The van der Waals surface area contributed by atoms with Crippen LogP contribution in [0.1, 0.15) is 22.8 Å². The third kappa shape index (κ3) is 4.39. The molecule has 228 valence electrons. The van der Waals surface area contributed by atoms with E-state index in [9.17, 15) is 30.6 Å². The van der Waals surface area contributed by atoms with E-state index in [1.807, 2.05) is 0 Å². The molecular weight excluding hydrogens is 556 g/mol. The maximum atomic E-state index is 11.9. The van der Waals surface area contributed by atoms with Crippen molar-refractivity contribution in [3.8, 4) is 28.7 Å². The molecule has 6 rings (SSSR count). The number of fused-ring (bicyclic) bond motifs is 6. The highest BCUT2D eigenvalue weighted by atomic mass is 16.7. The highest BCUT2D eigenvalue weighted by Gasteiger charge is 2.56. The monoisotopic (exact) mass is 590 g/mol. The van der Waals surface area contributed by atoms with Crippen LogP contribution in [-0.2, 0) is 21.5 Å². The van der Waals surface area contributed by atoms with Crippen molar-refractivity contribution in [2.45, 2.75) is 61.0 Å². The van der Waals surface area contributed by atoms with Crippen molar-refractivity contribution in [2.75, 3.05) is 34.0 Å². The molecule has 4 aliphatic heterocycles. The smallest absolute Gasteiger partial charge is 0.187 e. The van der Waals surface area contributed by atoms with Gasteiger partial charge in [-0.15, -0.1) is 0 Å². The van der Waals surface area contributed by atoms with Gasteiger partial charge in [0.2, 0.25) is 0 Å². The Bertz CT molecular complexity index is 1360. The van der Waals surface area contributed by atoms with E-state index in [-0.39, 0.29) is 13.2 Å². The normalized spacial score (nSPS) is 34.5. The summed E-state index contributed by atoms with van der Waals surface area (Å²) in [7, 11) is 2.96. The van der Waals surface area contributed by atoms with Crippen molar-refractivity contribution < 1.29 is 63.8 Å². The van der Waals surface area contributed by atoms with Gasteiger partial charge in [-0.25, -0.2) is 0 Å². The summed E-state index contributed by atoms with van der Waals surface area (Å²) in [6.07, 6.45) is -9.56. The van der Waals surface area contributed by atoms with Crippen LogP contribution in [-0.4, -0.2) is 108 Å². The maximum Gasteiger partial charge on any atom is 0.187 e. The first-order valence-corrected chi connectivity index (χ1v) is 13.5. The Morgan fingerprint density at radius 1 is 1.00 bits per heavy atom. The Labute approximate surface area is 241 Å². The fourth-order valence-corrected chi connectivity index (χ4v) is 5.97. The highest BCUT2D eigenvalue weighted by molar-refractivity contribution is 5.60. The zero-order valence-corrected chi connectivity index (χ0v) is 23.0. The summed E-state index contributed by atoms with van der Waals surface area (Å²) in [4.78, 5) is 0. The Morgan fingerprint density at radius 2 is 1.74 bits per heavy atom. The predicted molar refractivity (Wildman–Crippen MR) is 142 cm³/mol. The van der Waals surface area contributed by atoms with E-state index in [2.05, 4.69) is 6.58 Å². The Kier molecular flexibility index (Phi) is 7.48. The summed E-state index contributed by atoms with van der Waals surface area (Å²) in [5.74, 6) is 2.02. The Hall–Kier alpha value is -3.14. The van der Waals surface area contributed by atoms with Crippen LogP contribution in [0.25, 0.3) is 0 Å². The van der Waals surface area contributed by atoms with Gasteiger partial charge in [0.05, 0.1) is 27.4 Å². The Morgan fingerprint density at radius 3 is 2.45 bits per heavy atom. The van der Waals surface area contributed by atoms with Crippen molar-refractivity contribution in [1.29, 1.82) is 0 Å². The quantitative estimate of drug-likeness (QED) is 0.226. The minimum atomic E-state index is -1.84. The van der Waals surface area contributed by atoms with Gasteiger partial charge in [-0.1, -0.05) is 6.58 Å². The molecule has 4 heterocycles. The van der Waals surface area contributed by atoms with Crippen LogP contribution in [0, 0.1) is 0 Å². The second-order valence-corrected chi connectivity index (χ2v) is 10.8. The third-order valence-electron chi connectivity index (χ3n) is 8.41. The summed E-state index contributed by atoms with van der Waals surface area (Å²) in [6, 6.07) is 6.50. The van der Waals surface area contributed by atoms with Crippen molar-refractivity contribution in [1.82, 2.24) is 0 Å². The molecule has 2 aromatic rings. The minimum absolute atomic E-state index is 0.0386. The summed E-state index contributed by atoms with van der Waals surface area (Å²) in [5, 5.41) is 63.1. The van der Waals surface area contributed by atoms with Crippen LogP contribution in [0.15, 0.2) is 36.4 Å². The molecule has 6 N–H and O–H groups in total. The van der Waals surface area contributed by atoms with E-state index < -0.39 is 61.2 Å². The highest BCUT2D eigenvalue weighted by Crippen LogP contribution is 2.55. The average Bonchev–Trinajstić information content (AvgIpc) is 3.45. The van der Waals surface area contributed by atoms with E-state index in [1.54, 1.807) is 24.3 Å². The van der Waals surface area contributed by atoms with Crippen molar-refractivity contribution in [2.24, 2.45) is 0 Å². The van der Waals surface area contributed by atoms with Gasteiger partial charge in [-0.2, -0.15) is 0 Å². The van der Waals surface area contributed by atoms with E-state index in [1.165, 1.54) is 14.2 Å². The molecule has 13 heteroatoms. The number of methoxy groups -OCH3 is 2. The molecule has 0 spiro atoms. The predicted octanol–water partition coefficient (Wildman–Crippen LogP) is -0.545. The first-order valence-electron chi connectivity index (χ1n) is 13.5. The fraction of sp³-hybridized carbons (Fsp3) is 0.517. The van der Waals surface area contributed by atoms with Crippen molar-refractivity contribution in [3.63, 3.8) is 0 Å². The van der Waals surface area contributed by atoms with Crippen molar-refractivity contribution >= 4 is 0 Å². The van der Waals surface area contributed by atoms with Gasteiger partial charge in [0, 0.05) is 29.2 Å². The van der Waals surface area contributed by atoms with E-state index >= 15 is 0 Å². The van der Waals surface area contributed by atoms with Gasteiger partial charge < -0.3 is 63.8 Å². The lowest BCUT2D eigenvalue weighted by molar-refractivity contribution is -0.299. The second-order valence-electron chi connectivity index (χ2n) is 10.8. The molecule has 0 aromatic heterocycles. The lowest BCUT2D eigenvalue weighted by atomic mass is 9.76. The van der Waals surface area contributed by atoms with Crippen LogP contribution in [0.2, 0.25) is 0 Å². The van der Waals surface area contributed by atoms with Crippen molar-refractivity contribution in [3.05, 3.63) is 53.1 Å². The molecule has 4 aliphatic rings. The average molecular weight is 591 g/mol. The van der Waals surface area contributed by atoms with Gasteiger partial charge in [0.15, 0.2) is 29.5 Å². The molecule has 1 fully saturated rings. The molecule has 0 radical (unpaired) electrons.